The van der Waals surface area contributed by atoms with Crippen molar-refractivity contribution in [3.63, 3.8) is 0 Å². The lowest BCUT2D eigenvalue weighted by Crippen LogP contribution is -2.19. The molecule has 0 saturated heterocycles. The number of imidazole rings is 1. The van der Waals surface area contributed by atoms with Crippen molar-refractivity contribution >= 4 is 17.0 Å². The number of benzene rings is 3. The van der Waals surface area contributed by atoms with Crippen LogP contribution in [-0.2, 0) is 19.6 Å². The number of carboxylic acids is 1. The van der Waals surface area contributed by atoms with E-state index in [1.807, 2.05) is 24.5 Å². The van der Waals surface area contributed by atoms with Gasteiger partial charge in [0.1, 0.15) is 24.1 Å². The molecule has 0 radical (unpaired) electrons. The summed E-state index contributed by atoms with van der Waals surface area (Å²) in [6, 6.07) is 21.0. The minimum Gasteiger partial charge on any atom is -0.478 e. The molecule has 0 amide bonds. The standard InChI is InChI=1S/C33H26F2N4O3.C2H6/c34-26-13-21(17-36)7-8-25(26)19-42-32-6-2-5-28(38-32)23-10-9-22(27(35)14-23)16-31-37-29-12-11-24(33(40)41)15-30(29)39(31)18-20-3-1-4-20;1-2/h2,5-15,20H,1,3-4,16,18-19H2,(H,40,41);1-2H3. The number of carbonyl (C=O) groups is 1. The normalized spacial score (nSPS) is 12.6. The van der Waals surface area contributed by atoms with Crippen molar-refractivity contribution in [1.82, 2.24) is 14.5 Å². The lowest BCUT2D eigenvalue weighted by Gasteiger charge is -2.26. The van der Waals surface area contributed by atoms with E-state index in [0.29, 0.717) is 39.6 Å². The highest BCUT2D eigenvalue weighted by Gasteiger charge is 2.22. The van der Waals surface area contributed by atoms with Crippen LogP contribution in [0.5, 0.6) is 5.88 Å². The van der Waals surface area contributed by atoms with Gasteiger partial charge in [0.2, 0.25) is 5.88 Å². The van der Waals surface area contributed by atoms with Crippen LogP contribution in [0.25, 0.3) is 22.3 Å². The van der Waals surface area contributed by atoms with Crippen LogP contribution in [0.15, 0.2) is 72.8 Å². The van der Waals surface area contributed by atoms with Crippen LogP contribution >= 0.6 is 0 Å². The maximum atomic E-state index is 15.5. The van der Waals surface area contributed by atoms with E-state index >= 15 is 4.39 Å². The van der Waals surface area contributed by atoms with Gasteiger partial charge in [0.15, 0.2) is 0 Å². The number of fused-ring (bicyclic) bond motifs is 1. The molecule has 1 N–H and O–H groups in total. The van der Waals surface area contributed by atoms with Gasteiger partial charge in [-0.05, 0) is 66.8 Å². The minimum absolute atomic E-state index is 0.0723. The summed E-state index contributed by atoms with van der Waals surface area (Å²) in [4.78, 5) is 20.8. The van der Waals surface area contributed by atoms with Crippen molar-refractivity contribution in [2.45, 2.75) is 52.7 Å². The average Bonchev–Trinajstić information content (AvgIpc) is 3.36. The molecule has 0 spiro atoms. The fourth-order valence-corrected chi connectivity index (χ4v) is 5.14. The second kappa shape index (κ2) is 13.5. The molecule has 224 valence electrons. The summed E-state index contributed by atoms with van der Waals surface area (Å²) in [6.07, 6.45) is 3.65. The van der Waals surface area contributed by atoms with E-state index in [1.165, 1.54) is 30.7 Å². The summed E-state index contributed by atoms with van der Waals surface area (Å²) in [5, 5.41) is 18.4. The zero-order chi connectivity index (χ0) is 31.2. The van der Waals surface area contributed by atoms with Gasteiger partial charge in [-0.1, -0.05) is 44.5 Å². The van der Waals surface area contributed by atoms with Crippen molar-refractivity contribution < 1.29 is 23.4 Å². The van der Waals surface area contributed by atoms with Crippen LogP contribution in [-0.4, -0.2) is 25.6 Å². The summed E-state index contributed by atoms with van der Waals surface area (Å²) in [6.45, 7) is 4.65. The van der Waals surface area contributed by atoms with Crippen molar-refractivity contribution in [3.05, 3.63) is 113 Å². The number of rotatable bonds is 9. The predicted octanol–water partition coefficient (Wildman–Crippen LogP) is 7.94. The van der Waals surface area contributed by atoms with E-state index in [-0.39, 0.29) is 30.0 Å². The third-order valence-corrected chi connectivity index (χ3v) is 7.72. The third-order valence-electron chi connectivity index (χ3n) is 7.72. The molecule has 0 unspecified atom stereocenters. The number of aromatic nitrogens is 3. The van der Waals surface area contributed by atoms with Crippen LogP contribution in [0.4, 0.5) is 8.78 Å². The Morgan fingerprint density at radius 3 is 2.45 bits per heavy atom. The maximum Gasteiger partial charge on any atom is 0.335 e. The first kappa shape index (κ1) is 30.4. The number of halogens is 2. The van der Waals surface area contributed by atoms with E-state index < -0.39 is 17.6 Å². The number of hydrogen-bond donors (Lipinski definition) is 1. The topological polar surface area (TPSA) is 101 Å². The van der Waals surface area contributed by atoms with Crippen molar-refractivity contribution in [2.24, 2.45) is 5.92 Å². The Hall–Kier alpha value is -5.10. The van der Waals surface area contributed by atoms with Gasteiger partial charge in [0.05, 0.1) is 33.9 Å². The van der Waals surface area contributed by atoms with Gasteiger partial charge in [-0.15, -0.1) is 0 Å². The molecule has 44 heavy (non-hydrogen) atoms. The van der Waals surface area contributed by atoms with Gasteiger partial charge >= 0.3 is 5.97 Å². The molecule has 6 rings (SSSR count). The van der Waals surface area contributed by atoms with Crippen molar-refractivity contribution in [3.8, 4) is 23.2 Å². The lowest BCUT2D eigenvalue weighted by molar-refractivity contribution is 0.0697. The summed E-state index contributed by atoms with van der Waals surface area (Å²) >= 11 is 0. The Kier molecular flexibility index (Phi) is 9.29. The van der Waals surface area contributed by atoms with Gasteiger partial charge in [0.25, 0.3) is 0 Å². The molecule has 0 aliphatic heterocycles. The number of nitriles is 1. The second-order valence-electron chi connectivity index (χ2n) is 10.5. The van der Waals surface area contributed by atoms with Crippen molar-refractivity contribution in [1.29, 1.82) is 5.26 Å². The fraction of sp³-hybridized carbons (Fsp3) is 0.257. The highest BCUT2D eigenvalue weighted by Crippen LogP contribution is 2.31. The van der Waals surface area contributed by atoms with Crippen LogP contribution in [0, 0.1) is 28.9 Å². The first-order chi connectivity index (χ1) is 21.4. The van der Waals surface area contributed by atoms with Gasteiger partial charge < -0.3 is 14.4 Å². The van der Waals surface area contributed by atoms with E-state index in [1.54, 1.807) is 42.5 Å². The molecule has 2 aromatic heterocycles. The van der Waals surface area contributed by atoms with Crippen LogP contribution in [0.2, 0.25) is 0 Å². The number of nitrogens with zero attached hydrogens (tertiary/aromatic N) is 4. The van der Waals surface area contributed by atoms with Crippen molar-refractivity contribution in [2.75, 3.05) is 0 Å². The average molecular weight is 595 g/mol. The second-order valence-corrected chi connectivity index (χ2v) is 10.5. The van der Waals surface area contributed by atoms with Crippen LogP contribution in [0.3, 0.4) is 0 Å². The van der Waals surface area contributed by atoms with Crippen LogP contribution < -0.4 is 4.74 Å². The highest BCUT2D eigenvalue weighted by atomic mass is 19.1. The Morgan fingerprint density at radius 1 is 1.00 bits per heavy atom. The molecular weight excluding hydrogens is 562 g/mol. The summed E-state index contributed by atoms with van der Waals surface area (Å²) < 4.78 is 37.4. The maximum absolute atomic E-state index is 15.5. The quantitative estimate of drug-likeness (QED) is 0.186. The molecule has 3 aromatic carbocycles. The summed E-state index contributed by atoms with van der Waals surface area (Å²) in [5.41, 5.74) is 3.66. The summed E-state index contributed by atoms with van der Waals surface area (Å²) in [7, 11) is 0. The van der Waals surface area contributed by atoms with Crippen LogP contribution in [0.1, 0.15) is 66.0 Å². The fourth-order valence-electron chi connectivity index (χ4n) is 5.14. The Balaban J connectivity index is 0.00000188. The molecule has 9 heteroatoms. The SMILES string of the molecule is CC.N#Cc1ccc(COc2cccc(-c3ccc(Cc4nc5ccc(C(=O)O)cc5n4CC4CCC4)c(F)c3)n2)c(F)c1. The molecular formula is C35H32F2N4O3. The zero-order valence-corrected chi connectivity index (χ0v) is 24.6. The first-order valence-electron chi connectivity index (χ1n) is 14.7. The zero-order valence-electron chi connectivity index (χ0n) is 24.6. The Labute approximate surface area is 254 Å². The molecule has 1 saturated carbocycles. The monoisotopic (exact) mass is 594 g/mol. The van der Waals surface area contributed by atoms with E-state index in [4.69, 9.17) is 15.0 Å². The molecule has 0 atom stereocenters. The third kappa shape index (κ3) is 6.60. The number of pyridine rings is 1. The summed E-state index contributed by atoms with van der Waals surface area (Å²) in [5.74, 6) is -0.502. The number of aromatic carboxylic acids is 1. The van der Waals surface area contributed by atoms with Gasteiger partial charge in [-0.2, -0.15) is 5.26 Å². The van der Waals surface area contributed by atoms with Gasteiger partial charge in [0, 0.05) is 30.2 Å². The molecule has 7 nitrogen and oxygen atoms in total. The lowest BCUT2D eigenvalue weighted by atomic mass is 9.85. The smallest absolute Gasteiger partial charge is 0.335 e. The molecule has 0 bridgehead atoms. The Bertz CT molecular complexity index is 1860. The minimum atomic E-state index is -0.999. The number of carboxylic acid groups (broad SMARTS) is 1. The molecule has 1 aliphatic rings. The van der Waals surface area contributed by atoms with Gasteiger partial charge in [-0.3, -0.25) is 0 Å². The Morgan fingerprint density at radius 2 is 1.77 bits per heavy atom. The number of ether oxygens (including phenoxy) is 1. The first-order valence-corrected chi connectivity index (χ1v) is 14.7. The predicted molar refractivity (Wildman–Crippen MR) is 163 cm³/mol. The molecule has 1 fully saturated rings. The van der Waals surface area contributed by atoms with E-state index in [9.17, 15) is 14.3 Å². The highest BCUT2D eigenvalue weighted by molar-refractivity contribution is 5.92. The van der Waals surface area contributed by atoms with E-state index in [2.05, 4.69) is 4.98 Å². The van der Waals surface area contributed by atoms with E-state index in [0.717, 1.165) is 31.0 Å². The van der Waals surface area contributed by atoms with Gasteiger partial charge in [-0.25, -0.2) is 23.5 Å². The molecule has 2 heterocycles. The largest absolute Gasteiger partial charge is 0.478 e. The molecule has 1 aliphatic carbocycles. The number of hydrogen-bond acceptors (Lipinski definition) is 5. The molecule has 5 aromatic rings.